The predicted molar refractivity (Wildman–Crippen MR) is 77.4 cm³/mol. The number of benzene rings is 1. The van der Waals surface area contributed by atoms with Crippen molar-refractivity contribution in [3.63, 3.8) is 0 Å². The van der Waals surface area contributed by atoms with Gasteiger partial charge in [-0.25, -0.2) is 9.97 Å². The van der Waals surface area contributed by atoms with Crippen LogP contribution in [0.3, 0.4) is 0 Å². The largest absolute Gasteiger partial charge is 0.497 e. The first-order chi connectivity index (χ1) is 9.51. The number of nitrogens with two attached hydrogens (primary N) is 1. The topological polar surface area (TPSA) is 90.1 Å². The van der Waals surface area contributed by atoms with Crippen LogP contribution in [-0.2, 0) is 0 Å². The second-order valence-electron chi connectivity index (χ2n) is 3.78. The average molecular weight is 313 g/mol. The second-order valence-corrected chi connectivity index (χ2v) is 4.51. The minimum Gasteiger partial charge on any atom is -0.497 e. The highest BCUT2D eigenvalue weighted by atomic mass is 35.5. The first kappa shape index (κ1) is 14.4. The van der Waals surface area contributed by atoms with Gasteiger partial charge in [-0.1, -0.05) is 23.2 Å². The zero-order valence-electron chi connectivity index (χ0n) is 10.4. The van der Waals surface area contributed by atoms with E-state index in [-0.39, 0.29) is 16.0 Å². The number of amides is 1. The molecule has 0 unspecified atom stereocenters. The molecule has 3 N–H and O–H groups in total. The molecule has 1 aromatic carbocycles. The SMILES string of the molecule is COc1cc(N)cc(C(=O)Nc2ncnc(Cl)c2Cl)c1. The number of hydrogen-bond donors (Lipinski definition) is 2. The molecule has 0 aliphatic heterocycles. The number of ether oxygens (including phenoxy) is 1. The molecule has 0 spiro atoms. The maximum Gasteiger partial charge on any atom is 0.257 e. The summed E-state index contributed by atoms with van der Waals surface area (Å²) in [5, 5.41) is 2.65. The Hall–Kier alpha value is -2.05. The van der Waals surface area contributed by atoms with Crippen LogP contribution in [0.4, 0.5) is 11.5 Å². The normalized spacial score (nSPS) is 10.2. The first-order valence-corrected chi connectivity index (χ1v) is 6.18. The molecule has 0 aliphatic rings. The van der Waals surface area contributed by atoms with E-state index in [0.29, 0.717) is 17.0 Å². The number of carbonyl (C=O) groups excluding carboxylic acids is 1. The number of nitrogens with zero attached hydrogens (tertiary/aromatic N) is 2. The number of carbonyl (C=O) groups is 1. The van der Waals surface area contributed by atoms with Crippen molar-refractivity contribution in [2.45, 2.75) is 0 Å². The van der Waals surface area contributed by atoms with Gasteiger partial charge >= 0.3 is 0 Å². The lowest BCUT2D eigenvalue weighted by Gasteiger charge is -2.08. The zero-order chi connectivity index (χ0) is 14.7. The third kappa shape index (κ3) is 3.09. The van der Waals surface area contributed by atoms with E-state index in [1.165, 1.54) is 19.5 Å². The van der Waals surface area contributed by atoms with Crippen LogP contribution < -0.4 is 15.8 Å². The molecular formula is C12H10Cl2N4O2. The van der Waals surface area contributed by atoms with E-state index >= 15 is 0 Å². The molecule has 8 heteroatoms. The minimum absolute atomic E-state index is 0.0575. The Balaban J connectivity index is 2.28. The van der Waals surface area contributed by atoms with Crippen LogP contribution in [-0.4, -0.2) is 23.0 Å². The molecule has 104 valence electrons. The Kier molecular flexibility index (Phi) is 4.26. The molecule has 0 aliphatic carbocycles. The fourth-order valence-corrected chi connectivity index (χ4v) is 1.76. The van der Waals surface area contributed by atoms with Crippen molar-refractivity contribution in [1.82, 2.24) is 9.97 Å². The van der Waals surface area contributed by atoms with Crippen molar-refractivity contribution in [3.8, 4) is 5.75 Å². The molecule has 6 nitrogen and oxygen atoms in total. The van der Waals surface area contributed by atoms with Gasteiger partial charge in [0.2, 0.25) is 0 Å². The third-order valence-corrected chi connectivity index (χ3v) is 3.15. The standard InChI is InChI=1S/C12H10Cl2N4O2/c1-20-8-3-6(2-7(15)4-8)12(19)18-11-9(13)10(14)16-5-17-11/h2-5H,15H2,1H3,(H,16,17,18,19). The molecule has 1 amide bonds. The monoisotopic (exact) mass is 312 g/mol. The Morgan fingerprint density at radius 2 is 2.05 bits per heavy atom. The summed E-state index contributed by atoms with van der Waals surface area (Å²) in [6.07, 6.45) is 1.20. The fraction of sp³-hybridized carbons (Fsp3) is 0.0833. The maximum absolute atomic E-state index is 12.1. The highest BCUT2D eigenvalue weighted by Gasteiger charge is 2.13. The lowest BCUT2D eigenvalue weighted by molar-refractivity contribution is 0.102. The smallest absolute Gasteiger partial charge is 0.257 e. The highest BCUT2D eigenvalue weighted by Crippen LogP contribution is 2.26. The number of rotatable bonds is 3. The van der Waals surface area contributed by atoms with Crippen LogP contribution >= 0.6 is 23.2 Å². The van der Waals surface area contributed by atoms with E-state index in [1.807, 2.05) is 0 Å². The van der Waals surface area contributed by atoms with Crippen molar-refractivity contribution >= 4 is 40.6 Å². The van der Waals surface area contributed by atoms with E-state index in [4.69, 9.17) is 33.7 Å². The van der Waals surface area contributed by atoms with E-state index < -0.39 is 5.91 Å². The molecule has 0 atom stereocenters. The molecule has 1 heterocycles. The zero-order valence-corrected chi connectivity index (χ0v) is 11.9. The van der Waals surface area contributed by atoms with E-state index in [9.17, 15) is 4.79 Å². The summed E-state index contributed by atoms with van der Waals surface area (Å²) in [5.74, 6) is 0.160. The van der Waals surface area contributed by atoms with Crippen molar-refractivity contribution in [1.29, 1.82) is 0 Å². The summed E-state index contributed by atoms with van der Waals surface area (Å²) < 4.78 is 5.05. The van der Waals surface area contributed by atoms with Gasteiger partial charge in [-0.3, -0.25) is 4.79 Å². The molecule has 0 fully saturated rings. The van der Waals surface area contributed by atoms with Gasteiger partial charge in [-0.15, -0.1) is 0 Å². The van der Waals surface area contributed by atoms with E-state index in [1.54, 1.807) is 12.1 Å². The molecule has 1 aromatic heterocycles. The number of halogens is 2. The Bertz CT molecular complexity index is 664. The van der Waals surface area contributed by atoms with Crippen LogP contribution in [0.5, 0.6) is 5.75 Å². The number of nitrogen functional groups attached to an aromatic ring is 1. The van der Waals surface area contributed by atoms with Gasteiger partial charge in [0.1, 0.15) is 17.1 Å². The van der Waals surface area contributed by atoms with Gasteiger partial charge in [0, 0.05) is 17.3 Å². The molecule has 20 heavy (non-hydrogen) atoms. The Morgan fingerprint density at radius 3 is 2.75 bits per heavy atom. The molecule has 0 bridgehead atoms. The van der Waals surface area contributed by atoms with Crippen molar-refractivity contribution < 1.29 is 9.53 Å². The third-order valence-electron chi connectivity index (χ3n) is 2.41. The van der Waals surface area contributed by atoms with Gasteiger partial charge in [0.15, 0.2) is 11.0 Å². The van der Waals surface area contributed by atoms with Crippen LogP contribution in [0, 0.1) is 0 Å². The summed E-state index contributed by atoms with van der Waals surface area (Å²) in [6.45, 7) is 0. The molecule has 0 saturated carbocycles. The molecule has 0 radical (unpaired) electrons. The highest BCUT2D eigenvalue weighted by molar-refractivity contribution is 6.43. The van der Waals surface area contributed by atoms with Crippen LogP contribution in [0.15, 0.2) is 24.5 Å². The summed E-state index contributed by atoms with van der Waals surface area (Å²) in [5.41, 5.74) is 6.40. The summed E-state index contributed by atoms with van der Waals surface area (Å²) in [6, 6.07) is 4.66. The van der Waals surface area contributed by atoms with Gasteiger partial charge in [0.05, 0.1) is 7.11 Å². The van der Waals surface area contributed by atoms with Gasteiger partial charge < -0.3 is 15.8 Å². The number of hydrogen-bond acceptors (Lipinski definition) is 5. The number of anilines is 2. The number of nitrogens with one attached hydrogen (secondary N) is 1. The van der Waals surface area contributed by atoms with Crippen molar-refractivity contribution in [2.24, 2.45) is 0 Å². The number of aromatic nitrogens is 2. The summed E-state index contributed by atoms with van der Waals surface area (Å²) in [4.78, 5) is 19.7. The van der Waals surface area contributed by atoms with E-state index in [2.05, 4.69) is 15.3 Å². The summed E-state index contributed by atoms with van der Waals surface area (Å²) in [7, 11) is 1.48. The summed E-state index contributed by atoms with van der Waals surface area (Å²) >= 11 is 11.6. The van der Waals surface area contributed by atoms with Gasteiger partial charge in [-0.05, 0) is 12.1 Å². The number of methoxy groups -OCH3 is 1. The predicted octanol–water partition coefficient (Wildman–Crippen LogP) is 2.63. The molecule has 2 aromatic rings. The molecule has 2 rings (SSSR count). The Morgan fingerprint density at radius 1 is 1.30 bits per heavy atom. The van der Waals surface area contributed by atoms with Crippen molar-refractivity contribution in [2.75, 3.05) is 18.2 Å². The van der Waals surface area contributed by atoms with Crippen LogP contribution in [0.25, 0.3) is 0 Å². The quantitative estimate of drug-likeness (QED) is 0.671. The molecule has 0 saturated heterocycles. The van der Waals surface area contributed by atoms with Crippen LogP contribution in [0.1, 0.15) is 10.4 Å². The first-order valence-electron chi connectivity index (χ1n) is 5.43. The minimum atomic E-state index is -0.438. The Labute approximate surface area is 124 Å². The molecular weight excluding hydrogens is 303 g/mol. The van der Waals surface area contributed by atoms with Gasteiger partial charge in [-0.2, -0.15) is 0 Å². The van der Waals surface area contributed by atoms with Crippen molar-refractivity contribution in [3.05, 3.63) is 40.3 Å². The second kappa shape index (κ2) is 5.94. The lowest BCUT2D eigenvalue weighted by Crippen LogP contribution is -2.14. The van der Waals surface area contributed by atoms with Crippen LogP contribution in [0.2, 0.25) is 10.2 Å². The van der Waals surface area contributed by atoms with Gasteiger partial charge in [0.25, 0.3) is 5.91 Å². The van der Waals surface area contributed by atoms with E-state index in [0.717, 1.165) is 0 Å². The lowest BCUT2D eigenvalue weighted by atomic mass is 10.1. The maximum atomic E-state index is 12.1. The fourth-order valence-electron chi connectivity index (χ4n) is 1.49. The average Bonchev–Trinajstić information content (AvgIpc) is 2.43.